The van der Waals surface area contributed by atoms with Crippen LogP contribution >= 0.6 is 11.6 Å². The monoisotopic (exact) mass is 485 g/mol. The number of anilines is 2. The van der Waals surface area contributed by atoms with Gasteiger partial charge in [0.05, 0.1) is 15.6 Å². The topological polar surface area (TPSA) is 95.6 Å². The molecule has 172 valence electrons. The maximum atomic E-state index is 13.1. The molecular formula is C24H24ClN3O4S. The maximum absolute atomic E-state index is 13.1. The molecule has 0 unspecified atom stereocenters. The number of fused-ring (bicyclic) bond motifs is 1. The minimum absolute atomic E-state index is 0.202. The Morgan fingerprint density at radius 2 is 1.64 bits per heavy atom. The van der Waals surface area contributed by atoms with Crippen LogP contribution in [0.3, 0.4) is 0 Å². The first-order valence-corrected chi connectivity index (χ1v) is 12.4. The number of halogens is 1. The summed E-state index contributed by atoms with van der Waals surface area (Å²) in [5.74, 6) is -0.737. The van der Waals surface area contributed by atoms with Crippen LogP contribution in [0.2, 0.25) is 5.02 Å². The Kier molecular flexibility index (Phi) is 6.69. The average Bonchev–Trinajstić information content (AvgIpc) is 2.80. The van der Waals surface area contributed by atoms with Gasteiger partial charge in [-0.25, -0.2) is 8.42 Å². The number of amides is 2. The van der Waals surface area contributed by atoms with Gasteiger partial charge in [0.2, 0.25) is 21.8 Å². The van der Waals surface area contributed by atoms with Crippen molar-refractivity contribution in [1.29, 1.82) is 0 Å². The van der Waals surface area contributed by atoms with E-state index in [1.54, 1.807) is 30.3 Å². The van der Waals surface area contributed by atoms with E-state index in [4.69, 9.17) is 11.6 Å². The molecule has 3 aromatic carbocycles. The minimum atomic E-state index is -3.64. The van der Waals surface area contributed by atoms with Crippen molar-refractivity contribution in [2.75, 3.05) is 23.7 Å². The number of piperidine rings is 1. The zero-order valence-corrected chi connectivity index (χ0v) is 19.6. The van der Waals surface area contributed by atoms with Crippen LogP contribution in [0, 0.1) is 5.92 Å². The van der Waals surface area contributed by atoms with Crippen molar-refractivity contribution in [1.82, 2.24) is 4.31 Å². The van der Waals surface area contributed by atoms with Gasteiger partial charge in [0.1, 0.15) is 0 Å². The largest absolute Gasteiger partial charge is 0.326 e. The fourth-order valence-corrected chi connectivity index (χ4v) is 5.70. The number of hydrogen-bond donors (Lipinski definition) is 2. The predicted molar refractivity (Wildman–Crippen MR) is 130 cm³/mol. The zero-order chi connectivity index (χ0) is 23.6. The first kappa shape index (κ1) is 23.2. The van der Waals surface area contributed by atoms with Crippen molar-refractivity contribution in [3.05, 3.63) is 65.7 Å². The van der Waals surface area contributed by atoms with Crippen LogP contribution in [0.5, 0.6) is 0 Å². The first-order chi connectivity index (χ1) is 15.7. The van der Waals surface area contributed by atoms with E-state index in [0.717, 1.165) is 10.8 Å². The van der Waals surface area contributed by atoms with Crippen molar-refractivity contribution in [3.8, 4) is 0 Å². The SMILES string of the molecule is CC(=O)Nc1ccc(NC(=O)C2CCN(S(=O)(=O)c3ccc4ccccc4c3)CC2)c(Cl)c1. The lowest BCUT2D eigenvalue weighted by Gasteiger charge is -2.30. The normalized spacial score (nSPS) is 15.3. The smallest absolute Gasteiger partial charge is 0.243 e. The molecule has 0 saturated carbocycles. The van der Waals surface area contributed by atoms with Crippen LogP contribution in [0.15, 0.2) is 65.6 Å². The molecule has 1 aliphatic rings. The summed E-state index contributed by atoms with van der Waals surface area (Å²) in [6.45, 7) is 1.93. The van der Waals surface area contributed by atoms with Crippen LogP contribution < -0.4 is 10.6 Å². The fraction of sp³-hybridized carbons (Fsp3) is 0.250. The lowest BCUT2D eigenvalue weighted by Crippen LogP contribution is -2.41. The molecule has 2 amide bonds. The summed E-state index contributed by atoms with van der Waals surface area (Å²) in [7, 11) is -3.64. The Morgan fingerprint density at radius 3 is 2.30 bits per heavy atom. The predicted octanol–water partition coefficient (Wildman–Crippen LogP) is 4.49. The molecule has 1 saturated heterocycles. The Hall–Kier alpha value is -2.94. The van der Waals surface area contributed by atoms with Crippen LogP contribution in [-0.2, 0) is 19.6 Å². The van der Waals surface area contributed by atoms with Gasteiger partial charge in [0.25, 0.3) is 0 Å². The number of nitrogens with zero attached hydrogens (tertiary/aromatic N) is 1. The van der Waals surface area contributed by atoms with E-state index in [2.05, 4.69) is 10.6 Å². The van der Waals surface area contributed by atoms with Crippen molar-refractivity contribution < 1.29 is 18.0 Å². The Balaban J connectivity index is 1.39. The Labute approximate surface area is 197 Å². The van der Waals surface area contributed by atoms with Crippen LogP contribution in [0.4, 0.5) is 11.4 Å². The number of benzene rings is 3. The van der Waals surface area contributed by atoms with Gasteiger partial charge in [-0.15, -0.1) is 0 Å². The molecule has 0 spiro atoms. The van der Waals surface area contributed by atoms with E-state index in [-0.39, 0.29) is 35.7 Å². The number of rotatable bonds is 5. The van der Waals surface area contributed by atoms with E-state index in [1.165, 1.54) is 11.2 Å². The van der Waals surface area contributed by atoms with Gasteiger partial charge in [-0.1, -0.05) is 41.9 Å². The molecule has 1 fully saturated rings. The first-order valence-electron chi connectivity index (χ1n) is 10.6. The summed E-state index contributed by atoms with van der Waals surface area (Å²) < 4.78 is 27.7. The second-order valence-electron chi connectivity index (χ2n) is 8.05. The molecule has 7 nitrogen and oxygen atoms in total. The minimum Gasteiger partial charge on any atom is -0.326 e. The molecule has 1 aliphatic heterocycles. The van der Waals surface area contributed by atoms with Gasteiger partial charge in [-0.3, -0.25) is 9.59 Å². The van der Waals surface area contributed by atoms with Crippen molar-refractivity contribution in [2.45, 2.75) is 24.7 Å². The van der Waals surface area contributed by atoms with Crippen LogP contribution in [-0.4, -0.2) is 37.6 Å². The summed E-state index contributed by atoms with van der Waals surface area (Å²) in [6, 6.07) is 17.6. The lowest BCUT2D eigenvalue weighted by atomic mass is 9.97. The van der Waals surface area contributed by atoms with Crippen LogP contribution in [0.1, 0.15) is 19.8 Å². The van der Waals surface area contributed by atoms with E-state index < -0.39 is 10.0 Å². The van der Waals surface area contributed by atoms with Gasteiger partial charge in [-0.05, 0) is 53.9 Å². The molecule has 0 aliphatic carbocycles. The summed E-state index contributed by atoms with van der Waals surface area (Å²) in [5, 5.41) is 7.61. The van der Waals surface area contributed by atoms with Crippen molar-refractivity contribution >= 4 is 55.6 Å². The number of carbonyl (C=O) groups excluding carboxylic acids is 2. The second kappa shape index (κ2) is 9.51. The van der Waals surface area contributed by atoms with Gasteiger partial charge in [-0.2, -0.15) is 4.31 Å². The molecule has 33 heavy (non-hydrogen) atoms. The zero-order valence-electron chi connectivity index (χ0n) is 18.0. The van der Waals surface area contributed by atoms with Crippen molar-refractivity contribution in [3.63, 3.8) is 0 Å². The third kappa shape index (κ3) is 5.19. The number of sulfonamides is 1. The molecule has 0 atom stereocenters. The highest BCUT2D eigenvalue weighted by atomic mass is 35.5. The van der Waals surface area contributed by atoms with Gasteiger partial charge in [0.15, 0.2) is 0 Å². The Morgan fingerprint density at radius 1 is 0.939 bits per heavy atom. The molecule has 3 aromatic rings. The van der Waals surface area contributed by atoms with Gasteiger partial charge in [0, 0.05) is 31.6 Å². The van der Waals surface area contributed by atoms with E-state index >= 15 is 0 Å². The third-order valence-electron chi connectivity index (χ3n) is 5.73. The Bertz CT molecular complexity index is 1320. The molecule has 2 N–H and O–H groups in total. The number of hydrogen-bond acceptors (Lipinski definition) is 4. The summed E-state index contributed by atoms with van der Waals surface area (Å²) >= 11 is 6.23. The number of carbonyl (C=O) groups is 2. The second-order valence-corrected chi connectivity index (χ2v) is 10.4. The highest BCUT2D eigenvalue weighted by Crippen LogP contribution is 2.29. The standard InChI is InChI=1S/C24H24ClN3O4S/c1-16(29)26-20-7-9-23(22(25)15-20)27-24(30)18-10-12-28(13-11-18)33(31,32)21-8-6-17-4-2-3-5-19(17)14-21/h2-9,14-15,18H,10-13H2,1H3,(H,26,29)(H,27,30). The summed E-state index contributed by atoms with van der Waals surface area (Å²) in [4.78, 5) is 24.2. The lowest BCUT2D eigenvalue weighted by molar-refractivity contribution is -0.121. The van der Waals surface area contributed by atoms with Crippen LogP contribution in [0.25, 0.3) is 10.8 Å². The van der Waals surface area contributed by atoms with Gasteiger partial charge >= 0.3 is 0 Å². The molecule has 0 bridgehead atoms. The summed E-state index contributed by atoms with van der Waals surface area (Å²) in [5.41, 5.74) is 0.986. The van der Waals surface area contributed by atoms with E-state index in [1.807, 2.05) is 30.3 Å². The van der Waals surface area contributed by atoms with Gasteiger partial charge < -0.3 is 10.6 Å². The molecule has 4 rings (SSSR count). The molecule has 0 radical (unpaired) electrons. The molecule has 0 aromatic heterocycles. The highest BCUT2D eigenvalue weighted by molar-refractivity contribution is 7.89. The quantitative estimate of drug-likeness (QED) is 0.556. The third-order valence-corrected chi connectivity index (χ3v) is 7.94. The van der Waals surface area contributed by atoms with E-state index in [0.29, 0.717) is 29.2 Å². The van der Waals surface area contributed by atoms with E-state index in [9.17, 15) is 18.0 Å². The maximum Gasteiger partial charge on any atom is 0.243 e. The summed E-state index contributed by atoms with van der Waals surface area (Å²) in [6.07, 6.45) is 0.834. The molecule has 9 heteroatoms. The van der Waals surface area contributed by atoms with Crippen molar-refractivity contribution in [2.24, 2.45) is 5.92 Å². The average molecular weight is 486 g/mol. The molecular weight excluding hydrogens is 462 g/mol. The highest BCUT2D eigenvalue weighted by Gasteiger charge is 2.32. The fourth-order valence-electron chi connectivity index (χ4n) is 3.97. The number of nitrogens with one attached hydrogen (secondary N) is 2. The molecule has 1 heterocycles.